The van der Waals surface area contributed by atoms with Crippen molar-refractivity contribution in [1.82, 2.24) is 10.3 Å². The van der Waals surface area contributed by atoms with Gasteiger partial charge in [-0.3, -0.25) is 14.5 Å². The molecule has 0 spiro atoms. The molecule has 1 aliphatic heterocycles. The molecule has 2 aromatic carbocycles. The van der Waals surface area contributed by atoms with E-state index in [1.54, 1.807) is 4.90 Å². The van der Waals surface area contributed by atoms with Gasteiger partial charge >= 0.3 is 0 Å². The van der Waals surface area contributed by atoms with Crippen molar-refractivity contribution < 1.29 is 9.59 Å². The second-order valence-electron chi connectivity index (χ2n) is 6.80. The molecule has 1 aliphatic rings. The molecular weight excluding hydrogens is 358 g/mol. The van der Waals surface area contributed by atoms with Crippen molar-refractivity contribution in [2.24, 2.45) is 0 Å². The van der Waals surface area contributed by atoms with Crippen LogP contribution in [0.3, 0.4) is 0 Å². The van der Waals surface area contributed by atoms with Crippen molar-refractivity contribution >= 4 is 39.1 Å². The van der Waals surface area contributed by atoms with Crippen molar-refractivity contribution in [2.45, 2.75) is 32.2 Å². The van der Waals surface area contributed by atoms with Gasteiger partial charge in [0, 0.05) is 18.3 Å². The Labute approximate surface area is 162 Å². The molecule has 1 N–H and O–H groups in total. The van der Waals surface area contributed by atoms with Gasteiger partial charge in [0.25, 0.3) is 0 Å². The van der Waals surface area contributed by atoms with E-state index in [2.05, 4.69) is 28.5 Å². The van der Waals surface area contributed by atoms with Gasteiger partial charge in [0.05, 0.1) is 18.2 Å². The molecule has 0 saturated carbocycles. The minimum Gasteiger partial charge on any atom is -0.349 e. The monoisotopic (exact) mass is 379 g/mol. The summed E-state index contributed by atoms with van der Waals surface area (Å²) in [4.78, 5) is 30.5. The molecule has 1 saturated heterocycles. The Hall–Kier alpha value is -2.73. The number of carbonyl (C=O) groups excluding carboxylic acids is 2. The van der Waals surface area contributed by atoms with Crippen molar-refractivity contribution in [3.63, 3.8) is 0 Å². The third-order valence-electron chi connectivity index (χ3n) is 4.85. The van der Waals surface area contributed by atoms with Gasteiger partial charge in [-0.2, -0.15) is 0 Å². The van der Waals surface area contributed by atoms with Crippen LogP contribution >= 0.6 is 11.3 Å². The zero-order valence-corrected chi connectivity index (χ0v) is 16.0. The molecule has 138 valence electrons. The molecule has 0 radical (unpaired) electrons. The zero-order valence-electron chi connectivity index (χ0n) is 15.1. The number of benzene rings is 2. The van der Waals surface area contributed by atoms with E-state index in [9.17, 15) is 9.59 Å². The number of aromatic nitrogens is 1. The van der Waals surface area contributed by atoms with Crippen molar-refractivity contribution in [3.8, 4) is 0 Å². The molecule has 2 heterocycles. The zero-order chi connectivity index (χ0) is 18.8. The van der Waals surface area contributed by atoms with Crippen LogP contribution in [0.4, 0.5) is 5.13 Å². The number of fused-ring (bicyclic) bond motifs is 1. The van der Waals surface area contributed by atoms with E-state index in [0.717, 1.165) is 29.3 Å². The smallest absolute Gasteiger partial charge is 0.228 e. The SMILES string of the molecule is CC(NC(=O)Cc1csc(N2CCCC2=O)n1)c1cccc2ccccc12. The molecule has 6 heteroatoms. The highest BCUT2D eigenvalue weighted by Crippen LogP contribution is 2.26. The Kier molecular flexibility index (Phi) is 4.90. The van der Waals surface area contributed by atoms with Crippen molar-refractivity contribution in [2.75, 3.05) is 11.4 Å². The number of amides is 2. The van der Waals surface area contributed by atoms with Crippen LogP contribution in [0, 0.1) is 0 Å². The lowest BCUT2D eigenvalue weighted by Crippen LogP contribution is -2.28. The summed E-state index contributed by atoms with van der Waals surface area (Å²) in [5.74, 6) is 0.0463. The summed E-state index contributed by atoms with van der Waals surface area (Å²) in [5, 5.41) is 7.94. The fourth-order valence-corrected chi connectivity index (χ4v) is 4.38. The standard InChI is InChI=1S/C21H21N3O2S/c1-14(17-9-4-7-15-6-2-3-8-18(15)17)22-19(25)12-16-13-27-21(23-16)24-11-5-10-20(24)26/h2-4,6-9,13-14H,5,10-12H2,1H3,(H,22,25). The van der Waals surface area contributed by atoms with E-state index in [-0.39, 0.29) is 24.3 Å². The number of thiazole rings is 1. The third kappa shape index (κ3) is 3.71. The van der Waals surface area contributed by atoms with Gasteiger partial charge in [-0.05, 0) is 29.7 Å². The summed E-state index contributed by atoms with van der Waals surface area (Å²) in [7, 11) is 0. The Morgan fingerprint density at radius 1 is 1.26 bits per heavy atom. The highest BCUT2D eigenvalue weighted by molar-refractivity contribution is 7.14. The van der Waals surface area contributed by atoms with E-state index in [1.807, 2.05) is 36.6 Å². The lowest BCUT2D eigenvalue weighted by Gasteiger charge is -2.16. The number of nitrogens with one attached hydrogen (secondary N) is 1. The molecule has 1 aromatic heterocycles. The quantitative estimate of drug-likeness (QED) is 0.733. The minimum atomic E-state index is -0.0955. The first-order valence-corrected chi connectivity index (χ1v) is 10.0. The van der Waals surface area contributed by atoms with Crippen molar-refractivity contribution in [3.05, 3.63) is 59.1 Å². The van der Waals surface area contributed by atoms with Crippen LogP contribution in [0.1, 0.15) is 37.1 Å². The van der Waals surface area contributed by atoms with E-state index < -0.39 is 0 Å². The Bertz CT molecular complexity index is 993. The normalized spacial score (nSPS) is 15.3. The maximum atomic E-state index is 12.5. The first-order chi connectivity index (χ1) is 13.1. The fourth-order valence-electron chi connectivity index (χ4n) is 3.51. The van der Waals surface area contributed by atoms with E-state index in [0.29, 0.717) is 17.2 Å². The van der Waals surface area contributed by atoms with Gasteiger partial charge < -0.3 is 5.32 Å². The van der Waals surface area contributed by atoms with Crippen LogP contribution in [0.25, 0.3) is 10.8 Å². The number of carbonyl (C=O) groups is 2. The van der Waals surface area contributed by atoms with Crippen LogP contribution in [0.15, 0.2) is 47.8 Å². The summed E-state index contributed by atoms with van der Waals surface area (Å²) >= 11 is 1.42. The number of hydrogen-bond donors (Lipinski definition) is 1. The van der Waals surface area contributed by atoms with E-state index in [4.69, 9.17) is 0 Å². The van der Waals surface area contributed by atoms with Gasteiger partial charge in [0.15, 0.2) is 5.13 Å². The third-order valence-corrected chi connectivity index (χ3v) is 5.77. The number of anilines is 1. The van der Waals surface area contributed by atoms with Crippen LogP contribution in [-0.2, 0) is 16.0 Å². The van der Waals surface area contributed by atoms with Crippen LogP contribution in [-0.4, -0.2) is 23.3 Å². The molecule has 2 amide bonds. The number of rotatable bonds is 5. The Morgan fingerprint density at radius 2 is 2.07 bits per heavy atom. The predicted octanol–water partition coefficient (Wildman–Crippen LogP) is 3.84. The van der Waals surface area contributed by atoms with Gasteiger partial charge in [-0.15, -0.1) is 11.3 Å². The van der Waals surface area contributed by atoms with E-state index in [1.165, 1.54) is 11.3 Å². The van der Waals surface area contributed by atoms with Gasteiger partial charge in [-0.25, -0.2) is 4.98 Å². The Balaban J connectivity index is 1.43. The molecule has 1 unspecified atom stereocenters. The summed E-state index contributed by atoms with van der Waals surface area (Å²) in [6.07, 6.45) is 1.67. The molecule has 3 aromatic rings. The maximum Gasteiger partial charge on any atom is 0.228 e. The topological polar surface area (TPSA) is 62.3 Å². The van der Waals surface area contributed by atoms with Crippen LogP contribution in [0.5, 0.6) is 0 Å². The lowest BCUT2D eigenvalue weighted by molar-refractivity contribution is -0.121. The largest absolute Gasteiger partial charge is 0.349 e. The predicted molar refractivity (Wildman–Crippen MR) is 108 cm³/mol. The van der Waals surface area contributed by atoms with Gasteiger partial charge in [0.1, 0.15) is 0 Å². The molecule has 1 atom stereocenters. The minimum absolute atomic E-state index is 0.0694. The molecule has 0 aliphatic carbocycles. The molecule has 0 bridgehead atoms. The summed E-state index contributed by atoms with van der Waals surface area (Å²) in [5.41, 5.74) is 1.81. The number of nitrogens with zero attached hydrogens (tertiary/aromatic N) is 2. The summed E-state index contributed by atoms with van der Waals surface area (Å²) < 4.78 is 0. The molecule has 1 fully saturated rings. The highest BCUT2D eigenvalue weighted by atomic mass is 32.1. The van der Waals surface area contributed by atoms with Crippen LogP contribution in [0.2, 0.25) is 0 Å². The van der Waals surface area contributed by atoms with Gasteiger partial charge in [0.2, 0.25) is 11.8 Å². The molecule has 27 heavy (non-hydrogen) atoms. The van der Waals surface area contributed by atoms with Crippen molar-refractivity contribution in [1.29, 1.82) is 0 Å². The second kappa shape index (κ2) is 7.48. The number of hydrogen-bond acceptors (Lipinski definition) is 4. The average molecular weight is 379 g/mol. The fraction of sp³-hybridized carbons (Fsp3) is 0.286. The van der Waals surface area contributed by atoms with Crippen LogP contribution < -0.4 is 10.2 Å². The first-order valence-electron chi connectivity index (χ1n) is 9.13. The summed E-state index contributed by atoms with van der Waals surface area (Å²) in [6.45, 7) is 2.71. The average Bonchev–Trinajstić information content (AvgIpc) is 3.29. The van der Waals surface area contributed by atoms with E-state index >= 15 is 0 Å². The second-order valence-corrected chi connectivity index (χ2v) is 7.64. The van der Waals surface area contributed by atoms with Gasteiger partial charge in [-0.1, -0.05) is 42.5 Å². The lowest BCUT2D eigenvalue weighted by atomic mass is 9.99. The molecular formula is C21H21N3O2S. The molecule has 4 rings (SSSR count). The Morgan fingerprint density at radius 3 is 2.89 bits per heavy atom. The maximum absolute atomic E-state index is 12.5. The first kappa shape index (κ1) is 17.7. The highest BCUT2D eigenvalue weighted by Gasteiger charge is 2.24. The summed E-state index contributed by atoms with van der Waals surface area (Å²) in [6, 6.07) is 14.2. The molecule has 5 nitrogen and oxygen atoms in total.